The van der Waals surface area contributed by atoms with E-state index in [1.807, 2.05) is 5.01 Å². The van der Waals surface area contributed by atoms with Gasteiger partial charge in [0.05, 0.1) is 15.1 Å². The number of carbonyl (C=O) groups excluding carboxylic acids is 1. The van der Waals surface area contributed by atoms with Gasteiger partial charge in [0, 0.05) is 13.1 Å². The van der Waals surface area contributed by atoms with Crippen LogP contribution in [0.2, 0.25) is 0 Å². The second kappa shape index (κ2) is 5.83. The first kappa shape index (κ1) is 14.2. The maximum absolute atomic E-state index is 12.0. The Bertz CT molecular complexity index is 475. The summed E-state index contributed by atoms with van der Waals surface area (Å²) in [6.45, 7) is 1.60. The fraction of sp³-hybridized carbons (Fsp3) is 0.455. The maximum Gasteiger partial charge on any atom is 0.227 e. The molecule has 3 nitrogen and oxygen atoms in total. The highest BCUT2D eigenvalue weighted by molar-refractivity contribution is 6.74. The van der Waals surface area contributed by atoms with E-state index in [4.69, 9.17) is 46.4 Å². The summed E-state index contributed by atoms with van der Waals surface area (Å²) < 4.78 is 0. The summed E-state index contributed by atoms with van der Waals surface area (Å²) in [5.74, 6) is -0.485. The third-order valence-corrected chi connectivity index (χ3v) is 4.55. The lowest BCUT2D eigenvalue weighted by Crippen LogP contribution is -2.29. The molecule has 2 aliphatic rings. The Morgan fingerprint density at radius 2 is 1.39 bits per heavy atom. The summed E-state index contributed by atoms with van der Waals surface area (Å²) in [7, 11) is 0. The number of halogens is 4. The molecule has 1 heterocycles. The topological polar surface area (TPSA) is 32.7 Å². The quantitative estimate of drug-likeness (QED) is 0.686. The summed E-state index contributed by atoms with van der Waals surface area (Å²) in [5.41, 5.74) is 0.0676. The number of Topliss-reactive ketones (excluding diaryl/α,β-unsaturated/α-hetero) is 1. The molecule has 98 valence electrons. The minimum absolute atomic E-state index is 0.0223. The summed E-state index contributed by atoms with van der Waals surface area (Å²) in [4.78, 5) is 12.0. The Morgan fingerprint density at radius 1 is 0.833 bits per heavy atom. The molecule has 0 amide bonds. The normalized spacial score (nSPS) is 24.3. The largest absolute Gasteiger partial charge is 0.296 e. The molecule has 0 radical (unpaired) electrons. The molecule has 1 aliphatic carbocycles. The molecule has 0 aromatic heterocycles. The lowest BCUT2D eigenvalue weighted by Gasteiger charge is -2.25. The van der Waals surface area contributed by atoms with Crippen LogP contribution in [0.15, 0.2) is 25.2 Å². The average Bonchev–Trinajstić information content (AvgIpc) is 2.40. The molecule has 1 aliphatic heterocycles. The van der Waals surface area contributed by atoms with Crippen LogP contribution in [0.25, 0.3) is 0 Å². The predicted octanol–water partition coefficient (Wildman–Crippen LogP) is 3.79. The van der Waals surface area contributed by atoms with Crippen LogP contribution in [0.5, 0.6) is 0 Å². The molecule has 18 heavy (non-hydrogen) atoms. The molecule has 1 fully saturated rings. The summed E-state index contributed by atoms with van der Waals surface area (Å²) >= 11 is 23.5. The molecule has 0 bridgehead atoms. The zero-order chi connectivity index (χ0) is 13.3. The number of carbonyl (C=O) groups is 1. The van der Waals surface area contributed by atoms with E-state index in [1.54, 1.807) is 0 Å². The molecule has 0 spiro atoms. The van der Waals surface area contributed by atoms with E-state index in [9.17, 15) is 4.79 Å². The number of allylic oxidation sites excluding steroid dienone is 4. The van der Waals surface area contributed by atoms with Gasteiger partial charge in [0.25, 0.3) is 0 Å². The van der Waals surface area contributed by atoms with Gasteiger partial charge in [0.1, 0.15) is 5.03 Å². The van der Waals surface area contributed by atoms with Gasteiger partial charge in [-0.3, -0.25) is 9.80 Å². The van der Waals surface area contributed by atoms with Crippen LogP contribution in [0.4, 0.5) is 0 Å². The van der Waals surface area contributed by atoms with E-state index in [2.05, 4.69) is 5.10 Å². The number of piperidine rings is 1. The third kappa shape index (κ3) is 2.69. The van der Waals surface area contributed by atoms with Crippen LogP contribution in [0, 0.1) is 0 Å². The van der Waals surface area contributed by atoms with Crippen molar-refractivity contribution in [2.24, 2.45) is 5.10 Å². The number of hydrazone groups is 1. The monoisotopic (exact) mass is 326 g/mol. The molecule has 0 saturated carbocycles. The zero-order valence-corrected chi connectivity index (χ0v) is 12.4. The highest BCUT2D eigenvalue weighted by Crippen LogP contribution is 2.36. The highest BCUT2D eigenvalue weighted by Gasteiger charge is 2.31. The van der Waals surface area contributed by atoms with Crippen molar-refractivity contribution in [2.75, 3.05) is 13.1 Å². The van der Waals surface area contributed by atoms with Crippen molar-refractivity contribution in [3.05, 3.63) is 20.1 Å². The highest BCUT2D eigenvalue weighted by atomic mass is 35.5. The summed E-state index contributed by atoms with van der Waals surface area (Å²) in [6, 6.07) is 0. The van der Waals surface area contributed by atoms with Gasteiger partial charge in [0.15, 0.2) is 5.71 Å². The Morgan fingerprint density at radius 3 is 2.00 bits per heavy atom. The summed E-state index contributed by atoms with van der Waals surface area (Å²) in [6.07, 6.45) is 3.26. The second-order valence-electron chi connectivity index (χ2n) is 4.05. The van der Waals surface area contributed by atoms with E-state index >= 15 is 0 Å². The minimum atomic E-state index is -0.485. The van der Waals surface area contributed by atoms with E-state index < -0.39 is 5.78 Å². The number of nitrogens with zero attached hydrogens (tertiary/aromatic N) is 2. The molecule has 0 N–H and O–H groups in total. The van der Waals surface area contributed by atoms with Crippen LogP contribution >= 0.6 is 46.4 Å². The lowest BCUT2D eigenvalue weighted by atomic mass is 10.1. The van der Waals surface area contributed by atoms with Crippen LogP contribution in [-0.2, 0) is 4.79 Å². The fourth-order valence-electron chi connectivity index (χ4n) is 1.81. The zero-order valence-electron chi connectivity index (χ0n) is 9.35. The van der Waals surface area contributed by atoms with Crippen LogP contribution < -0.4 is 0 Å². The van der Waals surface area contributed by atoms with Crippen molar-refractivity contribution < 1.29 is 4.79 Å². The Kier molecular flexibility index (Phi) is 4.59. The number of hydrogen-bond acceptors (Lipinski definition) is 3. The van der Waals surface area contributed by atoms with Gasteiger partial charge in [0.2, 0.25) is 5.78 Å². The molecular formula is C11H10Cl4N2O. The molecule has 1 saturated heterocycles. The predicted molar refractivity (Wildman–Crippen MR) is 75.3 cm³/mol. The van der Waals surface area contributed by atoms with Crippen molar-refractivity contribution >= 4 is 57.9 Å². The van der Waals surface area contributed by atoms with Crippen molar-refractivity contribution in [2.45, 2.75) is 19.3 Å². The number of ketones is 1. The van der Waals surface area contributed by atoms with Crippen molar-refractivity contribution in [1.29, 1.82) is 0 Å². The van der Waals surface area contributed by atoms with Gasteiger partial charge in [-0.05, 0) is 19.3 Å². The molecule has 0 unspecified atom stereocenters. The van der Waals surface area contributed by atoms with E-state index in [0.29, 0.717) is 0 Å². The SMILES string of the molecule is O=C1C(=NN2CCCCC2)C(Cl)=C(Cl)C(Cl)=C1Cl. The Hall–Kier alpha value is -0.220. The molecular weight excluding hydrogens is 318 g/mol. The molecule has 0 aromatic rings. The minimum Gasteiger partial charge on any atom is -0.296 e. The first-order chi connectivity index (χ1) is 8.52. The first-order valence-corrected chi connectivity index (χ1v) is 7.03. The second-order valence-corrected chi connectivity index (χ2v) is 5.56. The number of hydrogen-bond donors (Lipinski definition) is 0. The molecule has 0 aromatic carbocycles. The van der Waals surface area contributed by atoms with Gasteiger partial charge in [-0.2, -0.15) is 5.10 Å². The van der Waals surface area contributed by atoms with Gasteiger partial charge in [-0.1, -0.05) is 46.4 Å². The van der Waals surface area contributed by atoms with E-state index in [-0.39, 0.29) is 25.8 Å². The standard InChI is InChI=1S/C11H10Cl4N2O/c12-6-7(13)9(15)11(18)10(8(6)14)16-17-4-2-1-3-5-17/h1-5H2. The summed E-state index contributed by atoms with van der Waals surface area (Å²) in [5, 5.41) is 6.02. The fourth-order valence-corrected chi connectivity index (χ4v) is 2.67. The van der Waals surface area contributed by atoms with Crippen LogP contribution in [-0.4, -0.2) is 29.6 Å². The van der Waals surface area contributed by atoms with Crippen molar-refractivity contribution in [3.8, 4) is 0 Å². The van der Waals surface area contributed by atoms with Crippen LogP contribution in [0.1, 0.15) is 19.3 Å². The lowest BCUT2D eigenvalue weighted by molar-refractivity contribution is -0.109. The van der Waals surface area contributed by atoms with Gasteiger partial charge in [-0.25, -0.2) is 0 Å². The molecule has 7 heteroatoms. The van der Waals surface area contributed by atoms with Gasteiger partial charge in [-0.15, -0.1) is 0 Å². The Labute approximate surface area is 125 Å². The van der Waals surface area contributed by atoms with Crippen LogP contribution in [0.3, 0.4) is 0 Å². The third-order valence-electron chi connectivity index (χ3n) is 2.77. The van der Waals surface area contributed by atoms with E-state index in [1.165, 1.54) is 6.42 Å². The molecule has 0 atom stereocenters. The van der Waals surface area contributed by atoms with Gasteiger partial charge >= 0.3 is 0 Å². The average molecular weight is 328 g/mol. The Balaban J connectivity index is 2.33. The van der Waals surface area contributed by atoms with Gasteiger partial charge < -0.3 is 0 Å². The molecule has 2 rings (SSSR count). The first-order valence-electron chi connectivity index (χ1n) is 5.52. The van der Waals surface area contributed by atoms with Crippen molar-refractivity contribution in [3.63, 3.8) is 0 Å². The van der Waals surface area contributed by atoms with E-state index in [0.717, 1.165) is 25.9 Å². The van der Waals surface area contributed by atoms with Crippen molar-refractivity contribution in [1.82, 2.24) is 5.01 Å². The smallest absolute Gasteiger partial charge is 0.227 e. The number of rotatable bonds is 1. The maximum atomic E-state index is 12.0.